The minimum absolute atomic E-state index is 0.00796. The Morgan fingerprint density at radius 3 is 1.96 bits per heavy atom. The number of aromatic hydroxyl groups is 2. The van der Waals surface area contributed by atoms with Crippen molar-refractivity contribution in [3.63, 3.8) is 0 Å². The number of carboxylic acid groups (broad SMARTS) is 2. The molecule has 2 fully saturated rings. The predicted molar refractivity (Wildman–Crippen MR) is 91.5 cm³/mol. The van der Waals surface area contributed by atoms with Crippen molar-refractivity contribution in [2.45, 2.75) is 24.4 Å². The number of hydrogen-bond donors (Lipinski definition) is 4. The molecular formula is C18H20O9. The summed E-state index contributed by atoms with van der Waals surface area (Å²) in [6.07, 6.45) is 1.22. The maximum atomic E-state index is 10.2. The Morgan fingerprint density at radius 1 is 0.963 bits per heavy atom. The largest absolute Gasteiger partial charge is 0.507 e. The third kappa shape index (κ3) is 5.30. The number of carbonyl (C=O) groups is 2. The summed E-state index contributed by atoms with van der Waals surface area (Å²) in [5, 5.41) is 35.2. The van der Waals surface area contributed by atoms with Crippen LogP contribution in [0.15, 0.2) is 37.4 Å². The number of carboxylic acids is 2. The molecule has 2 bridgehead atoms. The first-order chi connectivity index (χ1) is 12.8. The SMILES string of the molecule is C=CC(=O)O.C=CC(=O)O.Oc1ccc2c(O)c1C1OC1COCC1OC21. The van der Waals surface area contributed by atoms with Gasteiger partial charge in [0.05, 0.1) is 18.8 Å². The molecule has 4 N–H and O–H groups in total. The minimum atomic E-state index is -0.981. The lowest BCUT2D eigenvalue weighted by Crippen LogP contribution is -2.10. The number of benzene rings is 1. The molecule has 2 saturated heterocycles. The molecule has 1 aromatic rings. The van der Waals surface area contributed by atoms with Crippen LogP contribution in [0.5, 0.6) is 11.5 Å². The molecule has 1 aromatic carbocycles. The van der Waals surface area contributed by atoms with E-state index in [-0.39, 0.29) is 35.9 Å². The van der Waals surface area contributed by atoms with Gasteiger partial charge in [-0.25, -0.2) is 9.59 Å². The van der Waals surface area contributed by atoms with Crippen molar-refractivity contribution < 1.29 is 44.2 Å². The molecular weight excluding hydrogens is 360 g/mol. The van der Waals surface area contributed by atoms with Gasteiger partial charge >= 0.3 is 11.9 Å². The molecule has 0 spiro atoms. The molecule has 4 atom stereocenters. The standard InChI is InChI=1S/C12H12O5.2C3H4O2/c13-6-2-1-5-10(14)9(6)12-8(17-12)4-15-3-7-11(5)16-7;2*1-2-3(4)5/h1-2,7-8,11-14H,3-4H2;2*2H,1H2,(H,4,5). The fourth-order valence-corrected chi connectivity index (χ4v) is 2.49. The monoisotopic (exact) mass is 380 g/mol. The number of hydrogen-bond acceptors (Lipinski definition) is 7. The van der Waals surface area contributed by atoms with Crippen molar-refractivity contribution >= 4 is 11.9 Å². The molecule has 0 amide bonds. The highest BCUT2D eigenvalue weighted by atomic mass is 16.6. The van der Waals surface area contributed by atoms with Crippen LogP contribution >= 0.6 is 0 Å². The smallest absolute Gasteiger partial charge is 0.327 e. The molecule has 3 aliphatic rings. The highest BCUT2D eigenvalue weighted by Gasteiger charge is 2.49. The summed E-state index contributed by atoms with van der Waals surface area (Å²) in [7, 11) is 0. The predicted octanol–water partition coefficient (Wildman–Crippen LogP) is 1.52. The first kappa shape index (κ1) is 20.4. The molecule has 9 heteroatoms. The van der Waals surface area contributed by atoms with Crippen LogP contribution in [0, 0.1) is 0 Å². The number of phenols is 2. The molecule has 27 heavy (non-hydrogen) atoms. The van der Waals surface area contributed by atoms with E-state index in [0.29, 0.717) is 24.3 Å². The molecule has 146 valence electrons. The van der Waals surface area contributed by atoms with E-state index in [0.717, 1.165) is 12.2 Å². The van der Waals surface area contributed by atoms with Gasteiger partial charge in [-0.2, -0.15) is 0 Å². The van der Waals surface area contributed by atoms with Crippen LogP contribution in [-0.2, 0) is 23.8 Å². The first-order valence-corrected chi connectivity index (χ1v) is 7.94. The number of aliphatic carboxylic acids is 2. The van der Waals surface area contributed by atoms with Crippen molar-refractivity contribution in [3.05, 3.63) is 48.6 Å². The Morgan fingerprint density at radius 2 is 1.44 bits per heavy atom. The highest BCUT2D eigenvalue weighted by molar-refractivity contribution is 5.79. The van der Waals surface area contributed by atoms with Gasteiger partial charge in [-0.15, -0.1) is 0 Å². The average molecular weight is 380 g/mol. The van der Waals surface area contributed by atoms with Gasteiger partial charge in [0, 0.05) is 17.7 Å². The van der Waals surface area contributed by atoms with Crippen LogP contribution < -0.4 is 0 Å². The first-order valence-electron chi connectivity index (χ1n) is 7.94. The molecule has 3 heterocycles. The normalized spacial score (nSPS) is 26.2. The molecule has 0 aromatic heterocycles. The molecule has 0 radical (unpaired) electrons. The highest BCUT2D eigenvalue weighted by Crippen LogP contribution is 2.53. The van der Waals surface area contributed by atoms with Gasteiger partial charge in [-0.3, -0.25) is 0 Å². The van der Waals surface area contributed by atoms with Gasteiger partial charge in [-0.05, 0) is 12.1 Å². The summed E-state index contributed by atoms with van der Waals surface area (Å²) in [4.78, 5) is 18.5. The van der Waals surface area contributed by atoms with Crippen molar-refractivity contribution in [1.29, 1.82) is 0 Å². The fourth-order valence-electron chi connectivity index (χ4n) is 2.49. The lowest BCUT2D eigenvalue weighted by molar-refractivity contribution is -0.132. The van der Waals surface area contributed by atoms with Crippen molar-refractivity contribution in [1.82, 2.24) is 0 Å². The van der Waals surface area contributed by atoms with Crippen LogP contribution in [0.25, 0.3) is 0 Å². The zero-order valence-electron chi connectivity index (χ0n) is 14.3. The van der Waals surface area contributed by atoms with E-state index < -0.39 is 11.9 Å². The Labute approximate surface area is 154 Å². The summed E-state index contributed by atoms with van der Waals surface area (Å²) in [6.45, 7) is 6.91. The second kappa shape index (κ2) is 8.67. The van der Waals surface area contributed by atoms with E-state index in [1.807, 2.05) is 0 Å². The molecule has 4 unspecified atom stereocenters. The van der Waals surface area contributed by atoms with Crippen LogP contribution in [0.4, 0.5) is 0 Å². The zero-order valence-corrected chi connectivity index (χ0v) is 14.3. The lowest BCUT2D eigenvalue weighted by atomic mass is 10.00. The third-order valence-corrected chi connectivity index (χ3v) is 3.89. The average Bonchev–Trinajstić information content (AvgIpc) is 3.53. The Bertz CT molecular complexity index is 725. The maximum Gasteiger partial charge on any atom is 0.327 e. The quantitative estimate of drug-likeness (QED) is 0.442. The van der Waals surface area contributed by atoms with Crippen LogP contribution in [0.2, 0.25) is 0 Å². The topological polar surface area (TPSA) is 149 Å². The van der Waals surface area contributed by atoms with Gasteiger partial charge in [0.25, 0.3) is 0 Å². The summed E-state index contributed by atoms with van der Waals surface area (Å²) < 4.78 is 16.3. The van der Waals surface area contributed by atoms with E-state index in [1.54, 1.807) is 12.1 Å². The lowest BCUT2D eigenvalue weighted by Gasteiger charge is -2.10. The van der Waals surface area contributed by atoms with Gasteiger partial charge in [0.15, 0.2) is 0 Å². The Balaban J connectivity index is 0.000000221. The van der Waals surface area contributed by atoms with Crippen molar-refractivity contribution in [2.24, 2.45) is 0 Å². The Kier molecular flexibility index (Phi) is 6.56. The molecule has 4 rings (SSSR count). The summed E-state index contributed by atoms with van der Waals surface area (Å²) in [5.74, 6) is -1.79. The maximum absolute atomic E-state index is 10.2. The minimum Gasteiger partial charge on any atom is -0.507 e. The van der Waals surface area contributed by atoms with E-state index in [1.165, 1.54) is 0 Å². The molecule has 9 nitrogen and oxygen atoms in total. The van der Waals surface area contributed by atoms with Crippen molar-refractivity contribution in [3.8, 4) is 11.5 Å². The summed E-state index contributed by atoms with van der Waals surface area (Å²) in [5.41, 5.74) is 1.18. The van der Waals surface area contributed by atoms with Gasteiger partial charge in [-0.1, -0.05) is 13.2 Å². The van der Waals surface area contributed by atoms with E-state index in [2.05, 4.69) is 13.2 Å². The van der Waals surface area contributed by atoms with Gasteiger partial charge in [0.1, 0.15) is 35.9 Å². The second-order valence-corrected chi connectivity index (χ2v) is 5.75. The summed E-state index contributed by atoms with van der Waals surface area (Å²) in [6, 6.07) is 3.28. The van der Waals surface area contributed by atoms with Crippen LogP contribution in [0.1, 0.15) is 23.3 Å². The molecule has 0 saturated carbocycles. The number of fused-ring (bicyclic) bond motifs is 6. The van der Waals surface area contributed by atoms with Crippen molar-refractivity contribution in [2.75, 3.05) is 13.2 Å². The number of epoxide rings is 2. The van der Waals surface area contributed by atoms with E-state index in [9.17, 15) is 19.8 Å². The van der Waals surface area contributed by atoms with Gasteiger partial charge in [0.2, 0.25) is 0 Å². The molecule has 0 aliphatic carbocycles. The fraction of sp³-hybridized carbons (Fsp3) is 0.333. The Hall–Kier alpha value is -2.88. The third-order valence-electron chi connectivity index (χ3n) is 3.89. The number of phenolic OH excluding ortho intramolecular Hbond substituents is 2. The van der Waals surface area contributed by atoms with Crippen LogP contribution in [-0.4, -0.2) is 57.8 Å². The number of rotatable bonds is 2. The van der Waals surface area contributed by atoms with E-state index in [4.69, 9.17) is 24.4 Å². The summed E-state index contributed by atoms with van der Waals surface area (Å²) >= 11 is 0. The number of ether oxygens (including phenoxy) is 3. The van der Waals surface area contributed by atoms with Gasteiger partial charge < -0.3 is 34.6 Å². The second-order valence-electron chi connectivity index (χ2n) is 5.75. The van der Waals surface area contributed by atoms with E-state index >= 15 is 0 Å². The molecule has 3 aliphatic heterocycles. The zero-order chi connectivity index (χ0) is 20.1. The van der Waals surface area contributed by atoms with Crippen LogP contribution in [0.3, 0.4) is 0 Å².